The van der Waals surface area contributed by atoms with Crippen LogP contribution in [0.5, 0.6) is 0 Å². The fourth-order valence-electron chi connectivity index (χ4n) is 2.08. The molecule has 0 amide bonds. The number of aliphatic hydroxyl groups is 1. The summed E-state index contributed by atoms with van der Waals surface area (Å²) in [4.78, 5) is 0. The van der Waals surface area contributed by atoms with Crippen molar-refractivity contribution in [3.63, 3.8) is 0 Å². The topological polar surface area (TPSA) is 20.2 Å². The number of aliphatic hydroxyl groups excluding tert-OH is 1. The Labute approximate surface area is 93.1 Å². The Morgan fingerprint density at radius 3 is 2.20 bits per heavy atom. The highest BCUT2D eigenvalue weighted by Crippen LogP contribution is 2.38. The van der Waals surface area contributed by atoms with E-state index < -0.39 is 0 Å². The molecule has 0 aromatic heterocycles. The third-order valence-electron chi connectivity index (χ3n) is 2.90. The Hall–Kier alpha value is -0.820. The maximum absolute atomic E-state index is 8.93. The summed E-state index contributed by atoms with van der Waals surface area (Å²) in [5.74, 6) is 0.533. The second kappa shape index (κ2) is 5.32. The van der Waals surface area contributed by atoms with Crippen molar-refractivity contribution in [2.24, 2.45) is 5.41 Å². The first-order valence-corrected chi connectivity index (χ1v) is 5.71. The Kier molecular flexibility index (Phi) is 4.34. The lowest BCUT2D eigenvalue weighted by molar-refractivity contribution is 0.247. The molecule has 1 rings (SSSR count). The normalized spacial score (nSPS) is 13.9. The van der Waals surface area contributed by atoms with Gasteiger partial charge in [-0.1, -0.05) is 51.1 Å². The predicted octanol–water partition coefficient (Wildman–Crippen LogP) is 3.59. The first-order valence-electron chi connectivity index (χ1n) is 5.71. The van der Waals surface area contributed by atoms with E-state index in [-0.39, 0.29) is 5.41 Å². The number of hydrogen-bond acceptors (Lipinski definition) is 1. The SMILES string of the molecule is CC(C)(C)C(CCCO)c1ccccc1. The number of rotatable bonds is 4. The maximum Gasteiger partial charge on any atom is 0.0431 e. The van der Waals surface area contributed by atoms with E-state index in [1.54, 1.807) is 0 Å². The van der Waals surface area contributed by atoms with E-state index in [1.165, 1.54) is 5.56 Å². The first kappa shape index (κ1) is 12.3. The Balaban J connectivity index is 2.82. The molecular formula is C14H22O. The van der Waals surface area contributed by atoms with Crippen LogP contribution in [0.25, 0.3) is 0 Å². The van der Waals surface area contributed by atoms with Crippen LogP contribution < -0.4 is 0 Å². The Morgan fingerprint density at radius 2 is 1.73 bits per heavy atom. The molecule has 1 unspecified atom stereocenters. The lowest BCUT2D eigenvalue weighted by Gasteiger charge is -2.31. The molecule has 1 atom stereocenters. The fraction of sp³-hybridized carbons (Fsp3) is 0.571. The van der Waals surface area contributed by atoms with Crippen LogP contribution in [-0.2, 0) is 0 Å². The average molecular weight is 206 g/mol. The van der Waals surface area contributed by atoms with Gasteiger partial charge in [0.2, 0.25) is 0 Å². The zero-order chi connectivity index (χ0) is 11.3. The lowest BCUT2D eigenvalue weighted by atomic mass is 9.74. The zero-order valence-electron chi connectivity index (χ0n) is 10.0. The summed E-state index contributed by atoms with van der Waals surface area (Å²) in [6.45, 7) is 7.09. The van der Waals surface area contributed by atoms with Gasteiger partial charge in [0.1, 0.15) is 0 Å². The zero-order valence-corrected chi connectivity index (χ0v) is 10.0. The molecule has 0 fully saturated rings. The van der Waals surface area contributed by atoms with E-state index in [4.69, 9.17) is 5.11 Å². The van der Waals surface area contributed by atoms with E-state index in [1.807, 2.05) is 0 Å². The molecule has 0 saturated carbocycles. The van der Waals surface area contributed by atoms with Gasteiger partial charge in [-0.15, -0.1) is 0 Å². The van der Waals surface area contributed by atoms with Crippen LogP contribution in [-0.4, -0.2) is 11.7 Å². The summed E-state index contributed by atoms with van der Waals surface area (Å²) in [5.41, 5.74) is 1.65. The Bertz CT molecular complexity index is 271. The molecule has 1 N–H and O–H groups in total. The summed E-state index contributed by atoms with van der Waals surface area (Å²) in [5, 5.41) is 8.93. The number of hydrogen-bond donors (Lipinski definition) is 1. The minimum absolute atomic E-state index is 0.260. The van der Waals surface area contributed by atoms with Gasteiger partial charge in [-0.3, -0.25) is 0 Å². The second-order valence-electron chi connectivity index (χ2n) is 5.20. The highest BCUT2D eigenvalue weighted by Gasteiger charge is 2.25. The minimum Gasteiger partial charge on any atom is -0.396 e. The van der Waals surface area contributed by atoms with Crippen molar-refractivity contribution < 1.29 is 5.11 Å². The summed E-state index contributed by atoms with van der Waals surface area (Å²) in [7, 11) is 0. The van der Waals surface area contributed by atoms with Crippen molar-refractivity contribution in [1.29, 1.82) is 0 Å². The van der Waals surface area contributed by atoms with Gasteiger partial charge in [0.25, 0.3) is 0 Å². The van der Waals surface area contributed by atoms with E-state index >= 15 is 0 Å². The molecule has 0 aliphatic rings. The maximum atomic E-state index is 8.93. The van der Waals surface area contributed by atoms with Gasteiger partial charge in [-0.05, 0) is 29.7 Å². The molecular weight excluding hydrogens is 184 g/mol. The fourth-order valence-corrected chi connectivity index (χ4v) is 2.08. The molecule has 0 aliphatic carbocycles. The van der Waals surface area contributed by atoms with Crippen molar-refractivity contribution in [3.05, 3.63) is 35.9 Å². The molecule has 0 radical (unpaired) electrons. The van der Waals surface area contributed by atoms with Crippen LogP contribution in [0.1, 0.15) is 45.1 Å². The summed E-state index contributed by atoms with van der Waals surface area (Å²) < 4.78 is 0. The van der Waals surface area contributed by atoms with Crippen LogP contribution >= 0.6 is 0 Å². The molecule has 1 heteroatoms. The smallest absolute Gasteiger partial charge is 0.0431 e. The molecule has 1 aromatic rings. The molecule has 84 valence electrons. The number of benzene rings is 1. The molecule has 0 aliphatic heterocycles. The predicted molar refractivity (Wildman–Crippen MR) is 65.0 cm³/mol. The van der Waals surface area contributed by atoms with Crippen molar-refractivity contribution in [3.8, 4) is 0 Å². The monoisotopic (exact) mass is 206 g/mol. The van der Waals surface area contributed by atoms with Crippen molar-refractivity contribution in [2.75, 3.05) is 6.61 Å². The summed E-state index contributed by atoms with van der Waals surface area (Å²) >= 11 is 0. The van der Waals surface area contributed by atoms with Crippen molar-refractivity contribution in [1.82, 2.24) is 0 Å². The highest BCUT2D eigenvalue weighted by molar-refractivity contribution is 5.21. The third kappa shape index (κ3) is 3.67. The second-order valence-corrected chi connectivity index (χ2v) is 5.20. The molecule has 1 aromatic carbocycles. The van der Waals surface area contributed by atoms with Gasteiger partial charge in [-0.25, -0.2) is 0 Å². The standard InChI is InChI=1S/C14H22O/c1-14(2,3)13(10-7-11-15)12-8-5-4-6-9-12/h4-6,8-9,13,15H,7,10-11H2,1-3H3. The molecule has 0 bridgehead atoms. The molecule has 0 spiro atoms. The first-order chi connectivity index (χ1) is 7.05. The largest absolute Gasteiger partial charge is 0.396 e. The molecule has 0 saturated heterocycles. The van der Waals surface area contributed by atoms with Gasteiger partial charge < -0.3 is 5.11 Å². The van der Waals surface area contributed by atoms with Gasteiger partial charge in [-0.2, -0.15) is 0 Å². The molecule has 15 heavy (non-hydrogen) atoms. The van der Waals surface area contributed by atoms with Crippen LogP contribution in [0.3, 0.4) is 0 Å². The van der Waals surface area contributed by atoms with E-state index in [0.717, 1.165) is 12.8 Å². The molecule has 0 heterocycles. The molecule has 1 nitrogen and oxygen atoms in total. The van der Waals surface area contributed by atoms with Gasteiger partial charge >= 0.3 is 0 Å². The van der Waals surface area contributed by atoms with Crippen LogP contribution in [0.4, 0.5) is 0 Å². The van der Waals surface area contributed by atoms with Gasteiger partial charge in [0, 0.05) is 6.61 Å². The van der Waals surface area contributed by atoms with Crippen LogP contribution in [0, 0.1) is 5.41 Å². The van der Waals surface area contributed by atoms with Gasteiger partial charge in [0.05, 0.1) is 0 Å². The van der Waals surface area contributed by atoms with Gasteiger partial charge in [0.15, 0.2) is 0 Å². The highest BCUT2D eigenvalue weighted by atomic mass is 16.2. The van der Waals surface area contributed by atoms with Crippen molar-refractivity contribution in [2.45, 2.75) is 39.5 Å². The van der Waals surface area contributed by atoms with Crippen molar-refractivity contribution >= 4 is 0 Å². The van der Waals surface area contributed by atoms with Crippen LogP contribution in [0.2, 0.25) is 0 Å². The van der Waals surface area contributed by atoms with Crippen LogP contribution in [0.15, 0.2) is 30.3 Å². The lowest BCUT2D eigenvalue weighted by Crippen LogP contribution is -2.18. The van der Waals surface area contributed by atoms with E-state index in [9.17, 15) is 0 Å². The Morgan fingerprint density at radius 1 is 1.13 bits per heavy atom. The quantitative estimate of drug-likeness (QED) is 0.798. The average Bonchev–Trinajstić information content (AvgIpc) is 2.18. The van der Waals surface area contributed by atoms with E-state index in [2.05, 4.69) is 51.1 Å². The summed E-state index contributed by atoms with van der Waals surface area (Å²) in [6.07, 6.45) is 1.95. The third-order valence-corrected chi connectivity index (χ3v) is 2.90. The summed E-state index contributed by atoms with van der Waals surface area (Å²) in [6, 6.07) is 10.6. The minimum atomic E-state index is 0.260. The van der Waals surface area contributed by atoms with E-state index in [0.29, 0.717) is 12.5 Å².